The molecular formula is C9H14Cl2N6. The summed E-state index contributed by atoms with van der Waals surface area (Å²) in [4.78, 5) is 0. The van der Waals surface area contributed by atoms with Gasteiger partial charge in [0.05, 0.1) is 5.69 Å². The Morgan fingerprint density at radius 3 is 2.53 bits per heavy atom. The number of rotatable bonds is 4. The van der Waals surface area contributed by atoms with Crippen molar-refractivity contribution in [2.75, 3.05) is 18.4 Å². The molecule has 0 radical (unpaired) electrons. The molecule has 94 valence electrons. The maximum atomic E-state index is 5.39. The lowest BCUT2D eigenvalue weighted by atomic mass is 10.3. The van der Waals surface area contributed by atoms with E-state index < -0.39 is 0 Å². The summed E-state index contributed by atoms with van der Waals surface area (Å²) in [7, 11) is 0. The zero-order chi connectivity index (χ0) is 10.5. The Balaban J connectivity index is 0.00000128. The average Bonchev–Trinajstić information content (AvgIpc) is 2.75. The standard InChI is InChI=1S/C9H12N6.2ClH/c10-6-7-11-9-12-13-14-15(9)8-4-2-1-3-5-8;;/h1-5H,6-7,10H2,(H,11,12,14);2*1H. The Morgan fingerprint density at radius 1 is 1.18 bits per heavy atom. The molecule has 3 N–H and O–H groups in total. The predicted octanol–water partition coefficient (Wildman–Crippen LogP) is 0.876. The first-order chi connectivity index (χ1) is 7.42. The third-order valence-corrected chi connectivity index (χ3v) is 1.90. The molecule has 0 aliphatic rings. The highest BCUT2D eigenvalue weighted by Gasteiger charge is 2.05. The van der Waals surface area contributed by atoms with Crippen molar-refractivity contribution in [1.29, 1.82) is 0 Å². The Hall–Kier alpha value is -1.37. The lowest BCUT2D eigenvalue weighted by Crippen LogP contribution is -2.16. The number of anilines is 1. The molecule has 1 heterocycles. The van der Waals surface area contributed by atoms with Crippen LogP contribution in [0.15, 0.2) is 30.3 Å². The fourth-order valence-electron chi connectivity index (χ4n) is 1.22. The van der Waals surface area contributed by atoms with Gasteiger partial charge in [-0.05, 0) is 22.6 Å². The molecule has 17 heavy (non-hydrogen) atoms. The second-order valence-corrected chi connectivity index (χ2v) is 2.97. The second kappa shape index (κ2) is 7.83. The van der Waals surface area contributed by atoms with Crippen LogP contribution < -0.4 is 11.1 Å². The van der Waals surface area contributed by atoms with Gasteiger partial charge in [0, 0.05) is 13.1 Å². The van der Waals surface area contributed by atoms with Gasteiger partial charge in [0.1, 0.15) is 0 Å². The van der Waals surface area contributed by atoms with Crippen molar-refractivity contribution in [1.82, 2.24) is 20.2 Å². The molecule has 6 nitrogen and oxygen atoms in total. The highest BCUT2D eigenvalue weighted by Crippen LogP contribution is 2.09. The molecule has 0 bridgehead atoms. The number of nitrogens with two attached hydrogens (primary N) is 1. The van der Waals surface area contributed by atoms with Gasteiger partial charge in [-0.2, -0.15) is 4.68 Å². The van der Waals surface area contributed by atoms with Gasteiger partial charge in [-0.3, -0.25) is 0 Å². The van der Waals surface area contributed by atoms with Crippen LogP contribution in [-0.4, -0.2) is 33.3 Å². The number of tetrazole rings is 1. The van der Waals surface area contributed by atoms with Crippen molar-refractivity contribution in [3.8, 4) is 5.69 Å². The highest BCUT2D eigenvalue weighted by molar-refractivity contribution is 5.85. The predicted molar refractivity (Wildman–Crippen MR) is 71.2 cm³/mol. The van der Waals surface area contributed by atoms with Gasteiger partial charge >= 0.3 is 0 Å². The fraction of sp³-hybridized carbons (Fsp3) is 0.222. The molecule has 0 atom stereocenters. The number of hydrogen-bond donors (Lipinski definition) is 2. The Kier molecular flexibility index (Phi) is 7.20. The van der Waals surface area contributed by atoms with E-state index in [0.717, 1.165) is 5.69 Å². The first-order valence-corrected chi connectivity index (χ1v) is 4.69. The molecule has 0 aliphatic carbocycles. The lowest BCUT2D eigenvalue weighted by Gasteiger charge is -2.04. The minimum Gasteiger partial charge on any atom is -0.351 e. The Bertz CT molecular complexity index is 418. The highest BCUT2D eigenvalue weighted by atomic mass is 35.5. The first-order valence-electron chi connectivity index (χ1n) is 4.69. The molecule has 0 saturated carbocycles. The minimum absolute atomic E-state index is 0. The van der Waals surface area contributed by atoms with Crippen molar-refractivity contribution in [2.24, 2.45) is 5.73 Å². The van der Waals surface area contributed by atoms with E-state index in [9.17, 15) is 0 Å². The van der Waals surface area contributed by atoms with Gasteiger partial charge in [0.25, 0.3) is 0 Å². The van der Waals surface area contributed by atoms with E-state index in [0.29, 0.717) is 19.0 Å². The smallest absolute Gasteiger partial charge is 0.247 e. The number of hydrogen-bond acceptors (Lipinski definition) is 5. The van der Waals surface area contributed by atoms with Crippen molar-refractivity contribution in [2.45, 2.75) is 0 Å². The summed E-state index contributed by atoms with van der Waals surface area (Å²) >= 11 is 0. The van der Waals surface area contributed by atoms with E-state index in [4.69, 9.17) is 5.73 Å². The van der Waals surface area contributed by atoms with Gasteiger partial charge in [-0.15, -0.1) is 24.8 Å². The van der Waals surface area contributed by atoms with Crippen LogP contribution in [0, 0.1) is 0 Å². The van der Waals surface area contributed by atoms with Crippen LogP contribution in [0.3, 0.4) is 0 Å². The quantitative estimate of drug-likeness (QED) is 0.866. The van der Waals surface area contributed by atoms with E-state index in [1.54, 1.807) is 4.68 Å². The fourth-order valence-corrected chi connectivity index (χ4v) is 1.22. The minimum atomic E-state index is 0. The number of aromatic nitrogens is 4. The van der Waals surface area contributed by atoms with Gasteiger partial charge < -0.3 is 11.1 Å². The van der Waals surface area contributed by atoms with Gasteiger partial charge in [0.15, 0.2) is 0 Å². The van der Waals surface area contributed by atoms with Crippen LogP contribution in [0.4, 0.5) is 5.95 Å². The number of para-hydroxylation sites is 1. The van der Waals surface area contributed by atoms with E-state index in [2.05, 4.69) is 20.8 Å². The summed E-state index contributed by atoms with van der Waals surface area (Å²) in [5, 5.41) is 14.4. The molecule has 0 saturated heterocycles. The third kappa shape index (κ3) is 3.85. The summed E-state index contributed by atoms with van der Waals surface area (Å²) in [5.74, 6) is 0.603. The van der Waals surface area contributed by atoms with Gasteiger partial charge in [0.2, 0.25) is 5.95 Å². The van der Waals surface area contributed by atoms with Crippen LogP contribution in [0.25, 0.3) is 5.69 Å². The molecule has 2 aromatic rings. The topological polar surface area (TPSA) is 81.7 Å². The van der Waals surface area contributed by atoms with E-state index in [1.807, 2.05) is 30.3 Å². The molecule has 0 spiro atoms. The van der Waals surface area contributed by atoms with E-state index >= 15 is 0 Å². The molecular weight excluding hydrogens is 263 g/mol. The molecule has 1 aromatic carbocycles. The van der Waals surface area contributed by atoms with Crippen LogP contribution in [-0.2, 0) is 0 Å². The molecule has 1 aromatic heterocycles. The lowest BCUT2D eigenvalue weighted by molar-refractivity contribution is 0.789. The molecule has 0 aliphatic heterocycles. The van der Waals surface area contributed by atoms with Crippen LogP contribution >= 0.6 is 24.8 Å². The molecule has 2 rings (SSSR count). The summed E-state index contributed by atoms with van der Waals surface area (Å²) in [6.07, 6.45) is 0. The van der Waals surface area contributed by atoms with Crippen LogP contribution in [0.5, 0.6) is 0 Å². The average molecular weight is 277 g/mol. The summed E-state index contributed by atoms with van der Waals surface area (Å²) in [6.45, 7) is 1.19. The zero-order valence-electron chi connectivity index (χ0n) is 8.98. The first kappa shape index (κ1) is 15.6. The second-order valence-electron chi connectivity index (χ2n) is 2.97. The summed E-state index contributed by atoms with van der Waals surface area (Å²) < 4.78 is 1.63. The third-order valence-electron chi connectivity index (χ3n) is 1.90. The van der Waals surface area contributed by atoms with Crippen LogP contribution in [0.2, 0.25) is 0 Å². The number of benzene rings is 1. The van der Waals surface area contributed by atoms with Crippen molar-refractivity contribution >= 4 is 30.8 Å². The largest absolute Gasteiger partial charge is 0.351 e. The van der Waals surface area contributed by atoms with Gasteiger partial charge in [-0.1, -0.05) is 23.3 Å². The van der Waals surface area contributed by atoms with Crippen molar-refractivity contribution in [3.63, 3.8) is 0 Å². The van der Waals surface area contributed by atoms with Crippen molar-refractivity contribution < 1.29 is 0 Å². The molecule has 0 amide bonds. The summed E-state index contributed by atoms with van der Waals surface area (Å²) in [5.41, 5.74) is 6.31. The molecule has 8 heteroatoms. The van der Waals surface area contributed by atoms with Crippen molar-refractivity contribution in [3.05, 3.63) is 30.3 Å². The molecule has 0 fully saturated rings. The maximum Gasteiger partial charge on any atom is 0.247 e. The van der Waals surface area contributed by atoms with Gasteiger partial charge in [-0.25, -0.2) is 0 Å². The zero-order valence-corrected chi connectivity index (χ0v) is 10.6. The maximum absolute atomic E-state index is 5.39. The normalized spacial score (nSPS) is 9.00. The number of halogens is 2. The Labute approximate surface area is 111 Å². The SMILES string of the molecule is Cl.Cl.NCCNc1nnnn1-c1ccccc1. The number of nitrogens with one attached hydrogen (secondary N) is 1. The number of nitrogens with zero attached hydrogens (tertiary/aromatic N) is 4. The summed E-state index contributed by atoms with van der Waals surface area (Å²) in [6, 6.07) is 9.68. The molecule has 0 unspecified atom stereocenters. The van der Waals surface area contributed by atoms with E-state index in [1.165, 1.54) is 0 Å². The van der Waals surface area contributed by atoms with E-state index in [-0.39, 0.29) is 24.8 Å². The Morgan fingerprint density at radius 2 is 1.88 bits per heavy atom. The van der Waals surface area contributed by atoms with Crippen LogP contribution in [0.1, 0.15) is 0 Å². The monoisotopic (exact) mass is 276 g/mol.